The Morgan fingerprint density at radius 1 is 0.750 bits per heavy atom. The SMILES string of the molecule is Cc1cc2c(cc1C1(c3ccc(CC4C(=O)CCC4=O)cc3)CC1)C(C)(C)CCC2(C)C. The van der Waals surface area contributed by atoms with Crippen molar-refractivity contribution < 1.29 is 9.59 Å². The van der Waals surface area contributed by atoms with Crippen LogP contribution in [0.1, 0.15) is 99.6 Å². The summed E-state index contributed by atoms with van der Waals surface area (Å²) >= 11 is 0. The second-order valence-electron chi connectivity index (χ2n) is 11.9. The van der Waals surface area contributed by atoms with Gasteiger partial charge in [-0.05, 0) is 83.2 Å². The number of rotatable bonds is 4. The maximum atomic E-state index is 12.0. The summed E-state index contributed by atoms with van der Waals surface area (Å²) in [6, 6.07) is 13.8. The van der Waals surface area contributed by atoms with Gasteiger partial charge in [-0.25, -0.2) is 0 Å². The lowest BCUT2D eigenvalue weighted by atomic mass is 9.62. The summed E-state index contributed by atoms with van der Waals surface area (Å²) in [7, 11) is 0. The summed E-state index contributed by atoms with van der Waals surface area (Å²) in [5, 5.41) is 0. The van der Waals surface area contributed by atoms with Gasteiger partial charge in [-0.2, -0.15) is 0 Å². The van der Waals surface area contributed by atoms with Crippen LogP contribution in [0.25, 0.3) is 0 Å². The zero-order valence-electron chi connectivity index (χ0n) is 20.3. The zero-order chi connectivity index (χ0) is 22.9. The lowest BCUT2D eigenvalue weighted by Crippen LogP contribution is -2.34. The van der Waals surface area contributed by atoms with E-state index >= 15 is 0 Å². The van der Waals surface area contributed by atoms with Crippen molar-refractivity contribution >= 4 is 11.6 Å². The largest absolute Gasteiger partial charge is 0.299 e. The molecule has 0 spiro atoms. The highest BCUT2D eigenvalue weighted by molar-refractivity contribution is 6.08. The molecule has 168 valence electrons. The first kappa shape index (κ1) is 21.6. The van der Waals surface area contributed by atoms with Gasteiger partial charge in [0.15, 0.2) is 0 Å². The highest BCUT2D eigenvalue weighted by atomic mass is 16.2. The molecular weight excluding hydrogens is 392 g/mol. The zero-order valence-corrected chi connectivity index (χ0v) is 20.3. The van der Waals surface area contributed by atoms with E-state index in [1.165, 1.54) is 53.5 Å². The lowest BCUT2D eigenvalue weighted by molar-refractivity contribution is -0.127. The predicted octanol–water partition coefficient (Wildman–Crippen LogP) is 6.51. The van der Waals surface area contributed by atoms with Crippen LogP contribution in [0.4, 0.5) is 0 Å². The van der Waals surface area contributed by atoms with Crippen LogP contribution in [0.15, 0.2) is 36.4 Å². The Morgan fingerprint density at radius 3 is 1.81 bits per heavy atom. The van der Waals surface area contributed by atoms with Gasteiger partial charge in [0, 0.05) is 18.3 Å². The Morgan fingerprint density at radius 2 is 1.28 bits per heavy atom. The van der Waals surface area contributed by atoms with Gasteiger partial charge in [0.1, 0.15) is 11.6 Å². The molecule has 0 aliphatic heterocycles. The van der Waals surface area contributed by atoms with E-state index in [-0.39, 0.29) is 27.8 Å². The summed E-state index contributed by atoms with van der Waals surface area (Å²) in [5.74, 6) is -0.176. The first-order valence-corrected chi connectivity index (χ1v) is 12.3. The van der Waals surface area contributed by atoms with E-state index in [0.29, 0.717) is 19.3 Å². The molecule has 0 amide bonds. The normalized spacial score (nSPS) is 23.3. The average Bonchev–Trinajstić information content (AvgIpc) is 3.49. The van der Waals surface area contributed by atoms with Crippen LogP contribution in [-0.2, 0) is 32.3 Å². The maximum Gasteiger partial charge on any atom is 0.144 e. The molecule has 0 radical (unpaired) electrons. The second kappa shape index (κ2) is 7.14. The minimum Gasteiger partial charge on any atom is -0.299 e. The van der Waals surface area contributed by atoms with Crippen molar-refractivity contribution in [3.63, 3.8) is 0 Å². The molecule has 2 nitrogen and oxygen atoms in total. The first-order chi connectivity index (χ1) is 15.0. The van der Waals surface area contributed by atoms with Crippen LogP contribution >= 0.6 is 0 Å². The number of Topliss-reactive ketones (excluding diaryl/α,β-unsaturated/α-hetero) is 2. The van der Waals surface area contributed by atoms with Crippen molar-refractivity contribution in [2.24, 2.45) is 5.92 Å². The lowest BCUT2D eigenvalue weighted by Gasteiger charge is -2.43. The highest BCUT2D eigenvalue weighted by Gasteiger charge is 2.48. The van der Waals surface area contributed by atoms with Crippen LogP contribution in [0.5, 0.6) is 0 Å². The maximum absolute atomic E-state index is 12.0. The van der Waals surface area contributed by atoms with E-state index in [1.807, 2.05) is 0 Å². The van der Waals surface area contributed by atoms with E-state index < -0.39 is 5.92 Å². The molecule has 2 aromatic rings. The molecule has 5 rings (SSSR count). The number of benzene rings is 2. The number of ketones is 2. The smallest absolute Gasteiger partial charge is 0.144 e. The van der Waals surface area contributed by atoms with Gasteiger partial charge in [0.25, 0.3) is 0 Å². The number of hydrogen-bond donors (Lipinski definition) is 0. The van der Waals surface area contributed by atoms with Crippen molar-refractivity contribution in [2.75, 3.05) is 0 Å². The van der Waals surface area contributed by atoms with Crippen molar-refractivity contribution in [1.29, 1.82) is 0 Å². The second-order valence-corrected chi connectivity index (χ2v) is 11.9. The van der Waals surface area contributed by atoms with Crippen LogP contribution in [0, 0.1) is 12.8 Å². The third-order valence-corrected chi connectivity index (χ3v) is 8.80. The fourth-order valence-corrected chi connectivity index (χ4v) is 6.27. The van der Waals surface area contributed by atoms with Crippen LogP contribution in [0.2, 0.25) is 0 Å². The van der Waals surface area contributed by atoms with E-state index in [0.717, 1.165) is 5.56 Å². The number of fused-ring (bicyclic) bond motifs is 1. The molecule has 2 aromatic carbocycles. The van der Waals surface area contributed by atoms with Gasteiger partial charge < -0.3 is 0 Å². The monoisotopic (exact) mass is 428 g/mol. The summed E-state index contributed by atoms with van der Waals surface area (Å²) in [6.07, 6.45) is 6.27. The molecule has 3 aliphatic carbocycles. The third-order valence-electron chi connectivity index (χ3n) is 8.80. The van der Waals surface area contributed by atoms with Gasteiger partial charge >= 0.3 is 0 Å². The topological polar surface area (TPSA) is 34.1 Å². The quantitative estimate of drug-likeness (QED) is 0.520. The predicted molar refractivity (Wildman–Crippen MR) is 129 cm³/mol. The summed E-state index contributed by atoms with van der Waals surface area (Å²) in [6.45, 7) is 11.9. The average molecular weight is 429 g/mol. The Bertz CT molecular complexity index is 1080. The standard InChI is InChI=1S/C30H36O2/c1-19-16-24-25(29(4,5)13-12-28(24,2)3)18-23(19)30(14-15-30)21-8-6-20(7-9-21)17-22-26(31)10-11-27(22)32/h6-9,16,18,22H,10-15,17H2,1-5H3. The molecule has 2 fully saturated rings. The minimum atomic E-state index is -0.413. The Hall–Kier alpha value is -2.22. The van der Waals surface area contributed by atoms with E-state index in [1.54, 1.807) is 0 Å². The van der Waals surface area contributed by atoms with Gasteiger partial charge in [0.05, 0.1) is 5.92 Å². The first-order valence-electron chi connectivity index (χ1n) is 12.3. The van der Waals surface area contributed by atoms with Crippen LogP contribution in [-0.4, -0.2) is 11.6 Å². The van der Waals surface area contributed by atoms with E-state index in [2.05, 4.69) is 71.0 Å². The minimum absolute atomic E-state index is 0.118. The molecule has 0 N–H and O–H groups in total. The summed E-state index contributed by atoms with van der Waals surface area (Å²) in [5.41, 5.74) is 9.03. The summed E-state index contributed by atoms with van der Waals surface area (Å²) < 4.78 is 0. The molecule has 0 heterocycles. The van der Waals surface area contributed by atoms with Crippen molar-refractivity contribution in [3.05, 3.63) is 69.8 Å². The molecule has 3 aliphatic rings. The van der Waals surface area contributed by atoms with Gasteiger partial charge in [-0.1, -0.05) is 64.1 Å². The fourth-order valence-electron chi connectivity index (χ4n) is 6.27. The number of aryl methyl sites for hydroxylation is 1. The fraction of sp³-hybridized carbons (Fsp3) is 0.533. The molecule has 2 saturated carbocycles. The van der Waals surface area contributed by atoms with Gasteiger partial charge in [-0.15, -0.1) is 0 Å². The van der Waals surface area contributed by atoms with Crippen LogP contribution < -0.4 is 0 Å². The molecule has 0 unspecified atom stereocenters. The molecule has 32 heavy (non-hydrogen) atoms. The molecule has 0 atom stereocenters. The van der Waals surface area contributed by atoms with E-state index in [4.69, 9.17) is 0 Å². The van der Waals surface area contributed by atoms with E-state index in [9.17, 15) is 9.59 Å². The van der Waals surface area contributed by atoms with Gasteiger partial charge in [-0.3, -0.25) is 9.59 Å². The molecule has 0 bridgehead atoms. The molecule has 2 heteroatoms. The number of carbonyl (C=O) groups is 2. The molecule has 0 aromatic heterocycles. The van der Waals surface area contributed by atoms with Crippen molar-refractivity contribution in [2.45, 2.75) is 95.8 Å². The highest BCUT2D eigenvalue weighted by Crippen LogP contribution is 2.56. The summed E-state index contributed by atoms with van der Waals surface area (Å²) in [4.78, 5) is 24.1. The third kappa shape index (κ3) is 3.38. The van der Waals surface area contributed by atoms with Crippen molar-refractivity contribution in [1.82, 2.24) is 0 Å². The van der Waals surface area contributed by atoms with Crippen molar-refractivity contribution in [3.8, 4) is 0 Å². The Balaban J connectivity index is 1.48. The Labute approximate surface area is 192 Å². The Kier molecular flexibility index (Phi) is 4.82. The van der Waals surface area contributed by atoms with Crippen LogP contribution in [0.3, 0.4) is 0 Å². The molecular formula is C30H36O2. The van der Waals surface area contributed by atoms with Gasteiger partial charge in [0.2, 0.25) is 0 Å². The number of carbonyl (C=O) groups excluding carboxylic acids is 2. The molecule has 0 saturated heterocycles. The number of hydrogen-bond acceptors (Lipinski definition) is 2.